The van der Waals surface area contributed by atoms with Gasteiger partial charge in [-0.25, -0.2) is 9.97 Å². The van der Waals surface area contributed by atoms with Crippen LogP contribution in [0.4, 0.5) is 19.0 Å². The van der Waals surface area contributed by atoms with Crippen LogP contribution in [0.1, 0.15) is 27.2 Å². The minimum atomic E-state index is -4.52. The number of hydrogen-bond acceptors (Lipinski definition) is 3. The van der Waals surface area contributed by atoms with Crippen LogP contribution in [0.5, 0.6) is 0 Å². The molecular formula is C22H17F3N4O. The van der Waals surface area contributed by atoms with Crippen LogP contribution >= 0.6 is 0 Å². The molecule has 0 saturated carbocycles. The van der Waals surface area contributed by atoms with Gasteiger partial charge in [0.05, 0.1) is 16.6 Å². The quantitative estimate of drug-likeness (QED) is 0.468. The van der Waals surface area contributed by atoms with Gasteiger partial charge in [0.15, 0.2) is 0 Å². The number of imidazole rings is 1. The number of amides is 1. The van der Waals surface area contributed by atoms with Crippen molar-refractivity contribution in [2.24, 2.45) is 0 Å². The number of hydrogen-bond donors (Lipinski definition) is 2. The lowest BCUT2D eigenvalue weighted by atomic mass is 10.1. The van der Waals surface area contributed by atoms with Gasteiger partial charge in [-0.2, -0.15) is 13.2 Å². The summed E-state index contributed by atoms with van der Waals surface area (Å²) in [6, 6.07) is 13.7. The Morgan fingerprint density at radius 1 is 1.00 bits per heavy atom. The minimum Gasteiger partial charge on any atom is -0.338 e. The monoisotopic (exact) mass is 410 g/mol. The lowest BCUT2D eigenvalue weighted by Crippen LogP contribution is -2.14. The predicted molar refractivity (Wildman–Crippen MR) is 108 cm³/mol. The van der Waals surface area contributed by atoms with E-state index in [1.807, 2.05) is 19.9 Å². The zero-order chi connectivity index (χ0) is 21.5. The third kappa shape index (κ3) is 3.76. The van der Waals surface area contributed by atoms with Gasteiger partial charge in [0.2, 0.25) is 0 Å². The van der Waals surface area contributed by atoms with Gasteiger partial charge < -0.3 is 10.3 Å². The highest BCUT2D eigenvalue weighted by Gasteiger charge is 2.34. The van der Waals surface area contributed by atoms with E-state index in [4.69, 9.17) is 0 Å². The molecule has 4 rings (SSSR count). The Balaban J connectivity index is 1.76. The molecule has 0 fully saturated rings. The van der Waals surface area contributed by atoms with Crippen molar-refractivity contribution in [3.05, 3.63) is 77.0 Å². The number of para-hydroxylation sites is 1. The van der Waals surface area contributed by atoms with Crippen LogP contribution in [-0.2, 0) is 6.18 Å². The van der Waals surface area contributed by atoms with E-state index < -0.39 is 17.6 Å². The largest absolute Gasteiger partial charge is 0.417 e. The number of pyridine rings is 1. The van der Waals surface area contributed by atoms with Crippen LogP contribution < -0.4 is 5.32 Å². The van der Waals surface area contributed by atoms with E-state index in [0.29, 0.717) is 11.3 Å². The number of H-pyrrole nitrogens is 1. The minimum absolute atomic E-state index is 0.0442. The Morgan fingerprint density at radius 2 is 1.77 bits per heavy atom. The van der Waals surface area contributed by atoms with E-state index in [1.165, 1.54) is 18.2 Å². The normalized spacial score (nSPS) is 11.6. The maximum Gasteiger partial charge on any atom is 0.417 e. The maximum atomic E-state index is 13.4. The molecule has 0 aliphatic heterocycles. The second kappa shape index (κ2) is 7.29. The van der Waals surface area contributed by atoms with Crippen molar-refractivity contribution in [2.45, 2.75) is 20.0 Å². The standard InChI is InChI=1S/C22H17F3N4O/c1-12-10-13(2)26-18(11-12)28-21(30)15-7-5-9-17-19(15)29-20(27-17)14-6-3-4-8-16(14)22(23,24)25/h3-11H,1-2H3,(H,27,29)(H,26,28,30). The summed E-state index contributed by atoms with van der Waals surface area (Å²) in [6.07, 6.45) is -4.52. The van der Waals surface area contributed by atoms with Crippen molar-refractivity contribution < 1.29 is 18.0 Å². The Hall–Kier alpha value is -3.68. The third-order valence-electron chi connectivity index (χ3n) is 4.58. The maximum absolute atomic E-state index is 13.4. The van der Waals surface area contributed by atoms with Gasteiger partial charge in [-0.05, 0) is 49.7 Å². The molecule has 0 radical (unpaired) electrons. The molecule has 2 heterocycles. The fourth-order valence-electron chi connectivity index (χ4n) is 3.37. The SMILES string of the molecule is Cc1cc(C)nc(NC(=O)c2cccc3[nH]c(-c4ccccc4C(F)(F)F)nc23)c1. The van der Waals surface area contributed by atoms with E-state index in [2.05, 4.69) is 20.3 Å². The molecule has 0 bridgehead atoms. The summed E-state index contributed by atoms with van der Waals surface area (Å²) in [5.74, 6) is -0.00404. The van der Waals surface area contributed by atoms with Gasteiger partial charge in [-0.3, -0.25) is 4.79 Å². The summed E-state index contributed by atoms with van der Waals surface area (Å²) >= 11 is 0. The Labute approximate surface area is 170 Å². The molecule has 2 N–H and O–H groups in total. The Morgan fingerprint density at radius 3 is 2.50 bits per heavy atom. The van der Waals surface area contributed by atoms with Crippen LogP contribution in [0, 0.1) is 13.8 Å². The third-order valence-corrected chi connectivity index (χ3v) is 4.58. The van der Waals surface area contributed by atoms with E-state index in [1.54, 1.807) is 24.3 Å². The molecule has 4 aromatic rings. The molecule has 8 heteroatoms. The highest BCUT2D eigenvalue weighted by Crippen LogP contribution is 2.36. The molecule has 2 aromatic carbocycles. The van der Waals surface area contributed by atoms with E-state index in [-0.39, 0.29) is 22.5 Å². The van der Waals surface area contributed by atoms with Crippen molar-refractivity contribution in [1.29, 1.82) is 0 Å². The number of anilines is 1. The number of aryl methyl sites for hydroxylation is 2. The molecule has 0 aliphatic rings. The molecule has 0 unspecified atom stereocenters. The second-order valence-electron chi connectivity index (χ2n) is 6.96. The average Bonchev–Trinajstić information content (AvgIpc) is 3.10. The van der Waals surface area contributed by atoms with Gasteiger partial charge in [-0.1, -0.05) is 24.3 Å². The number of alkyl halides is 3. The van der Waals surface area contributed by atoms with Crippen LogP contribution in [0.15, 0.2) is 54.6 Å². The smallest absolute Gasteiger partial charge is 0.338 e. The summed E-state index contributed by atoms with van der Waals surface area (Å²) < 4.78 is 40.2. The number of rotatable bonds is 3. The van der Waals surface area contributed by atoms with Crippen molar-refractivity contribution in [1.82, 2.24) is 15.0 Å². The Kier molecular flexibility index (Phi) is 4.77. The van der Waals surface area contributed by atoms with E-state index >= 15 is 0 Å². The molecule has 1 amide bonds. The number of carbonyl (C=O) groups is 1. The first-order valence-corrected chi connectivity index (χ1v) is 9.14. The summed E-state index contributed by atoms with van der Waals surface area (Å²) in [5, 5.41) is 2.73. The lowest BCUT2D eigenvalue weighted by molar-refractivity contribution is -0.137. The number of carbonyl (C=O) groups excluding carboxylic acids is 1. The number of aromatic nitrogens is 3. The molecule has 0 atom stereocenters. The van der Waals surface area contributed by atoms with Crippen molar-refractivity contribution in [3.63, 3.8) is 0 Å². The van der Waals surface area contributed by atoms with Crippen LogP contribution in [0.3, 0.4) is 0 Å². The van der Waals surface area contributed by atoms with E-state index in [0.717, 1.165) is 17.3 Å². The molecule has 152 valence electrons. The summed E-state index contributed by atoms with van der Waals surface area (Å²) in [7, 11) is 0. The summed E-state index contributed by atoms with van der Waals surface area (Å²) in [5.41, 5.74) is 1.81. The van der Waals surface area contributed by atoms with Crippen LogP contribution in [0.2, 0.25) is 0 Å². The van der Waals surface area contributed by atoms with Crippen molar-refractivity contribution >= 4 is 22.8 Å². The van der Waals surface area contributed by atoms with Gasteiger partial charge in [0, 0.05) is 11.3 Å². The fourth-order valence-corrected chi connectivity index (χ4v) is 3.37. The molecule has 0 spiro atoms. The number of aromatic amines is 1. The first kappa shape index (κ1) is 19.6. The number of benzene rings is 2. The Bertz CT molecular complexity index is 1240. The topological polar surface area (TPSA) is 70.7 Å². The molecule has 0 aliphatic carbocycles. The number of nitrogens with zero attached hydrogens (tertiary/aromatic N) is 2. The summed E-state index contributed by atoms with van der Waals surface area (Å²) in [4.78, 5) is 24.3. The molecule has 30 heavy (non-hydrogen) atoms. The number of halogens is 3. The summed E-state index contributed by atoms with van der Waals surface area (Å²) in [6.45, 7) is 3.71. The van der Waals surface area contributed by atoms with E-state index in [9.17, 15) is 18.0 Å². The molecule has 0 saturated heterocycles. The average molecular weight is 410 g/mol. The zero-order valence-corrected chi connectivity index (χ0v) is 16.1. The molecular weight excluding hydrogens is 393 g/mol. The first-order valence-electron chi connectivity index (χ1n) is 9.14. The fraction of sp³-hybridized carbons (Fsp3) is 0.136. The highest BCUT2D eigenvalue weighted by molar-refractivity contribution is 6.11. The van der Waals surface area contributed by atoms with Crippen LogP contribution in [0.25, 0.3) is 22.4 Å². The number of fused-ring (bicyclic) bond motifs is 1. The van der Waals surface area contributed by atoms with Gasteiger partial charge in [-0.15, -0.1) is 0 Å². The lowest BCUT2D eigenvalue weighted by Gasteiger charge is -2.10. The first-order chi connectivity index (χ1) is 14.2. The molecule has 5 nitrogen and oxygen atoms in total. The number of nitrogens with one attached hydrogen (secondary N) is 2. The zero-order valence-electron chi connectivity index (χ0n) is 16.1. The second-order valence-corrected chi connectivity index (χ2v) is 6.96. The predicted octanol–water partition coefficient (Wildman–Crippen LogP) is 5.51. The van der Waals surface area contributed by atoms with Gasteiger partial charge >= 0.3 is 6.18 Å². The van der Waals surface area contributed by atoms with Gasteiger partial charge in [0.1, 0.15) is 17.2 Å². The van der Waals surface area contributed by atoms with Crippen molar-refractivity contribution in [2.75, 3.05) is 5.32 Å². The van der Waals surface area contributed by atoms with Crippen LogP contribution in [-0.4, -0.2) is 20.9 Å². The van der Waals surface area contributed by atoms with Gasteiger partial charge in [0.25, 0.3) is 5.91 Å². The molecule has 2 aromatic heterocycles. The van der Waals surface area contributed by atoms with Crippen molar-refractivity contribution in [3.8, 4) is 11.4 Å². The highest BCUT2D eigenvalue weighted by atomic mass is 19.4.